The molecule has 17 rings (SSSR count). The molecular weight excluding hydrogens is 1790 g/mol. The van der Waals surface area contributed by atoms with Gasteiger partial charge in [-0.25, -0.2) is 19.9 Å². The molecule has 5 saturated carbocycles. The summed E-state index contributed by atoms with van der Waals surface area (Å²) >= 11 is 0. The Labute approximate surface area is 870 Å². The Balaban J connectivity index is 0.000000153. The van der Waals surface area contributed by atoms with Crippen LogP contribution >= 0.6 is 0 Å². The van der Waals surface area contributed by atoms with E-state index in [1.165, 1.54) is 141 Å². The highest BCUT2D eigenvalue weighted by Gasteiger charge is 2.34. The molecule has 2 unspecified atom stereocenters. The number of rotatable bonds is 55. The van der Waals surface area contributed by atoms with Gasteiger partial charge in [-0.1, -0.05) is 227 Å². The average Bonchev–Trinajstić information content (AvgIpc) is 1.65. The maximum Gasteiger partial charge on any atom is 0.254 e. The minimum Gasteiger partial charge on any atom is -0.331 e. The lowest BCUT2D eigenvalue weighted by atomic mass is 9.84. The number of nitrogens with zero attached hydrogens (tertiary/aromatic N) is 15. The second-order valence-electron chi connectivity index (χ2n) is 45.2. The van der Waals surface area contributed by atoms with E-state index in [4.69, 9.17) is 19.9 Å². The molecule has 0 radical (unpaired) electrons. The molecule has 5 aliphatic carbocycles. The first-order valence-corrected chi connectivity index (χ1v) is 56.8. The van der Waals surface area contributed by atoms with Crippen LogP contribution in [0.5, 0.6) is 0 Å². The topological polar surface area (TPSA) is 162 Å². The maximum absolute atomic E-state index is 13.9. The van der Waals surface area contributed by atoms with Gasteiger partial charge in [0.25, 0.3) is 23.6 Å². The summed E-state index contributed by atoms with van der Waals surface area (Å²) in [6.07, 6.45) is 26.3. The summed E-state index contributed by atoms with van der Waals surface area (Å²) in [6, 6.07) is 66.9. The van der Waals surface area contributed by atoms with Crippen LogP contribution in [0.3, 0.4) is 0 Å². The van der Waals surface area contributed by atoms with Crippen LogP contribution in [0.2, 0.25) is 0 Å². The first-order chi connectivity index (χ1) is 70.3. The molecule has 780 valence electrons. The van der Waals surface area contributed by atoms with Crippen LogP contribution in [0.15, 0.2) is 194 Å². The summed E-state index contributed by atoms with van der Waals surface area (Å²) in [5.74, 6) is 11.9. The Bertz CT molecular complexity index is 6040. The lowest BCUT2D eigenvalue weighted by Crippen LogP contribution is -2.33. The van der Waals surface area contributed by atoms with Gasteiger partial charge in [0.2, 0.25) is 0 Å². The van der Waals surface area contributed by atoms with E-state index < -0.39 is 0 Å². The summed E-state index contributed by atoms with van der Waals surface area (Å²) in [7, 11) is 0. The molecular formula is C126H177N15O4. The molecule has 8 aromatic carbocycles. The molecule has 4 aromatic heterocycles. The van der Waals surface area contributed by atoms with Crippen molar-refractivity contribution in [1.29, 1.82) is 0 Å². The van der Waals surface area contributed by atoms with E-state index in [9.17, 15) is 19.2 Å². The van der Waals surface area contributed by atoms with Gasteiger partial charge in [-0.2, -0.15) is 0 Å². The molecule has 4 amide bonds. The number of unbranched alkanes of at least 4 members (excludes halogenated alkanes) is 1. The molecule has 12 aromatic rings. The number of hydrogen-bond acceptors (Lipinski definition) is 11. The second-order valence-corrected chi connectivity index (χ2v) is 45.2. The Morgan fingerprint density at radius 2 is 0.579 bits per heavy atom. The number of fused-ring (bicyclic) bond motifs is 4. The van der Waals surface area contributed by atoms with E-state index in [0.29, 0.717) is 61.7 Å². The highest BCUT2D eigenvalue weighted by Crippen LogP contribution is 2.39. The molecule has 0 saturated heterocycles. The highest BCUT2D eigenvalue weighted by atomic mass is 16.2. The summed E-state index contributed by atoms with van der Waals surface area (Å²) < 4.78 is 9.48. The largest absolute Gasteiger partial charge is 0.331 e. The molecule has 5 fully saturated rings. The number of aromatic nitrogens is 8. The van der Waals surface area contributed by atoms with Crippen molar-refractivity contribution in [2.75, 3.05) is 65.4 Å². The van der Waals surface area contributed by atoms with Crippen molar-refractivity contribution in [3.8, 4) is 0 Å². The van der Waals surface area contributed by atoms with Crippen LogP contribution in [0.4, 0.5) is 0 Å². The molecule has 19 heteroatoms. The predicted molar refractivity (Wildman–Crippen MR) is 599 cm³/mol. The molecule has 0 aliphatic heterocycles. The molecule has 0 N–H and O–H groups in total. The zero-order chi connectivity index (χ0) is 102. The third-order valence-corrected chi connectivity index (χ3v) is 30.4. The number of amides is 4. The number of carbonyl (C=O) groups excluding carboxylic acids is 4. The van der Waals surface area contributed by atoms with Crippen molar-refractivity contribution in [1.82, 2.24) is 72.5 Å². The SMILES string of the molecule is CCC(C)C(CC)Cc1cccc(C(=O)N(CCC(C)C)Cc2nc3ccccc3n2CC2CC2)c1.CCCCN(CC)Cc1cccc(C(=O)N(CCC(C)C)Cc2nc3ccccc3n2CC2CC2)c1.CCCN(CCC)Cc1cccc(C(=O)N(CCC(C)C)Cc2nc3ccccc3n2CC2CC2)c1.CCCN(Cc1cccc(C(=O)N(CCC(C)C)Cc2nc3ccccc3n2CC2CC2)c1)CC1CC1. The van der Waals surface area contributed by atoms with Gasteiger partial charge in [0.1, 0.15) is 23.3 Å². The molecule has 2 atom stereocenters. The quantitative estimate of drug-likeness (QED) is 0.0357. The molecule has 4 heterocycles. The number of hydrogen-bond donors (Lipinski definition) is 0. The van der Waals surface area contributed by atoms with E-state index in [0.717, 1.165) is 253 Å². The minimum atomic E-state index is 0.110. The van der Waals surface area contributed by atoms with Crippen molar-refractivity contribution in [3.63, 3.8) is 0 Å². The van der Waals surface area contributed by atoms with Gasteiger partial charge in [0.15, 0.2) is 0 Å². The van der Waals surface area contributed by atoms with Crippen LogP contribution in [0, 0.1) is 65.1 Å². The van der Waals surface area contributed by atoms with Crippen LogP contribution in [0.25, 0.3) is 44.1 Å². The number of carbonyl (C=O) groups is 4. The van der Waals surface area contributed by atoms with Gasteiger partial charge in [0, 0.05) is 101 Å². The summed E-state index contributed by atoms with van der Waals surface area (Å²) in [5, 5.41) is 0. The highest BCUT2D eigenvalue weighted by molar-refractivity contribution is 5.96. The van der Waals surface area contributed by atoms with Gasteiger partial charge in [-0.3, -0.25) is 33.9 Å². The fraction of sp³-hybridized carbons (Fsp3) is 0.556. The molecule has 19 nitrogen and oxygen atoms in total. The first-order valence-electron chi connectivity index (χ1n) is 56.8. The van der Waals surface area contributed by atoms with Crippen molar-refractivity contribution < 1.29 is 19.2 Å². The Hall–Kier alpha value is -10.6. The molecule has 145 heavy (non-hydrogen) atoms. The van der Waals surface area contributed by atoms with Gasteiger partial charge < -0.3 is 37.9 Å². The smallest absolute Gasteiger partial charge is 0.254 e. The summed E-state index contributed by atoms with van der Waals surface area (Å²) in [4.78, 5) is 91.3. The lowest BCUT2D eigenvalue weighted by molar-refractivity contribution is 0.0722. The first kappa shape index (κ1) is 110. The average molecular weight is 1970 g/mol. The zero-order valence-corrected chi connectivity index (χ0v) is 91.6. The van der Waals surface area contributed by atoms with Crippen molar-refractivity contribution >= 4 is 67.8 Å². The van der Waals surface area contributed by atoms with Crippen LogP contribution in [0.1, 0.15) is 333 Å². The van der Waals surface area contributed by atoms with Crippen LogP contribution in [-0.2, 0) is 78.4 Å². The number of benzene rings is 8. The van der Waals surface area contributed by atoms with Crippen molar-refractivity contribution in [2.45, 2.75) is 324 Å². The lowest BCUT2D eigenvalue weighted by Gasteiger charge is -2.25. The second kappa shape index (κ2) is 54.9. The van der Waals surface area contributed by atoms with Crippen molar-refractivity contribution in [2.24, 2.45) is 65.1 Å². The number of imidazole rings is 4. The fourth-order valence-electron chi connectivity index (χ4n) is 20.4. The standard InChI is InChI=1S/C32H44N4O.C32H45N3O.2C31H44N4O/c1-4-17-34(20-25-12-13-25)21-27-8-7-9-28(19-27)32(37)35(18-16-24(2)3)23-31-33-29-10-5-6-11-30(29)36(31)22-26-14-15-26;1-6-24(5)27(7-2)19-26-11-10-12-28(20-26)32(36)34(18-17-23(3)4)22-31-33-29-13-8-9-14-30(29)35(31)21-25-15-16-25;1-5-17-33(18-6-2)21-26-10-9-11-27(20-26)31(36)34(19-16-24(3)4)23-30-32-28-12-7-8-13-29(28)35(30)22-25-14-15-25;1-5-7-18-33(6-2)21-26-11-10-12-27(20-26)31(36)34(19-17-24(3)4)23-30-32-28-13-8-9-14-29(28)35(30)22-25-15-16-25/h5-11,19,24-26H,4,12-18,20-23H2,1-3H3;8-14,20,23-25,27H,6-7,15-19,21-22H2,1-5H3;7-13,20,24-25H,5-6,14-19,21-23H2,1-4H3;8-14,20,24-25H,5-7,15-19,21-23H2,1-4H3. The monoisotopic (exact) mass is 1960 g/mol. The fourth-order valence-corrected chi connectivity index (χ4v) is 20.4. The van der Waals surface area contributed by atoms with Crippen LogP contribution < -0.4 is 0 Å². The zero-order valence-electron chi connectivity index (χ0n) is 91.6. The maximum atomic E-state index is 13.9. The normalized spacial score (nSPS) is 14.6. The molecule has 0 bridgehead atoms. The van der Waals surface area contributed by atoms with Crippen LogP contribution in [-0.4, -0.2) is 162 Å². The van der Waals surface area contributed by atoms with Crippen molar-refractivity contribution in [3.05, 3.63) is 262 Å². The van der Waals surface area contributed by atoms with Gasteiger partial charge in [-0.05, 0) is 339 Å². The Morgan fingerprint density at radius 1 is 0.297 bits per heavy atom. The minimum absolute atomic E-state index is 0.110. The predicted octanol–water partition coefficient (Wildman–Crippen LogP) is 28.0. The van der Waals surface area contributed by atoms with E-state index in [1.807, 2.05) is 68.1 Å². The van der Waals surface area contributed by atoms with E-state index in [-0.39, 0.29) is 23.6 Å². The van der Waals surface area contributed by atoms with Gasteiger partial charge >= 0.3 is 0 Å². The van der Waals surface area contributed by atoms with E-state index >= 15 is 0 Å². The summed E-state index contributed by atoms with van der Waals surface area (Å²) in [5.41, 5.74) is 17.0. The van der Waals surface area contributed by atoms with E-state index in [1.54, 1.807) is 0 Å². The Morgan fingerprint density at radius 3 is 0.855 bits per heavy atom. The summed E-state index contributed by atoms with van der Waals surface area (Å²) in [6.45, 7) is 54.4. The third kappa shape index (κ3) is 33.2. The number of para-hydroxylation sites is 8. The molecule has 5 aliphatic rings. The van der Waals surface area contributed by atoms with Gasteiger partial charge in [0.05, 0.1) is 70.3 Å². The van der Waals surface area contributed by atoms with Gasteiger partial charge in [-0.15, -0.1) is 0 Å². The Kier molecular flexibility index (Phi) is 41.7. The third-order valence-electron chi connectivity index (χ3n) is 30.4. The molecule has 0 spiro atoms. The van der Waals surface area contributed by atoms with E-state index in [2.05, 4.69) is 289 Å².